The lowest BCUT2D eigenvalue weighted by molar-refractivity contribution is 0.438. The molecule has 0 aliphatic heterocycles. The van der Waals surface area contributed by atoms with Crippen molar-refractivity contribution in [2.75, 3.05) is 5.32 Å². The molecule has 1 aromatic heterocycles. The van der Waals surface area contributed by atoms with Gasteiger partial charge < -0.3 is 5.32 Å². The van der Waals surface area contributed by atoms with E-state index in [1.54, 1.807) is 0 Å². The molecule has 0 saturated heterocycles. The molecule has 0 spiro atoms. The first-order valence-electron chi connectivity index (χ1n) is 5.54. The zero-order valence-electron chi connectivity index (χ0n) is 8.66. The highest BCUT2D eigenvalue weighted by atomic mass is 35.5. The maximum atomic E-state index is 5.92. The molecule has 0 aromatic carbocycles. The van der Waals surface area contributed by atoms with E-state index in [1.165, 1.54) is 25.7 Å². The second-order valence-electron chi connectivity index (χ2n) is 4.65. The lowest BCUT2D eigenvalue weighted by Gasteiger charge is -2.23. The molecule has 1 heterocycles. The van der Waals surface area contributed by atoms with E-state index in [2.05, 4.69) is 20.5 Å². The summed E-state index contributed by atoms with van der Waals surface area (Å²) in [5.74, 6) is 2.21. The van der Waals surface area contributed by atoms with Gasteiger partial charge in [0.25, 0.3) is 0 Å². The number of aromatic nitrogens is 3. The Hall–Kier alpha value is -0.610. The molecule has 1 N–H and O–H groups in total. The molecule has 6 heteroatoms. The van der Waals surface area contributed by atoms with Gasteiger partial charge in [0.1, 0.15) is 0 Å². The van der Waals surface area contributed by atoms with Crippen molar-refractivity contribution in [2.45, 2.75) is 31.7 Å². The zero-order valence-corrected chi connectivity index (χ0v) is 10.2. The number of anilines is 1. The topological polar surface area (TPSA) is 50.7 Å². The molecule has 86 valence electrons. The molecule has 2 bridgehead atoms. The van der Waals surface area contributed by atoms with Crippen LogP contribution in [0, 0.1) is 11.8 Å². The van der Waals surface area contributed by atoms with Gasteiger partial charge in [-0.1, -0.05) is 18.0 Å². The van der Waals surface area contributed by atoms with Gasteiger partial charge in [-0.15, -0.1) is 10.2 Å². The van der Waals surface area contributed by atoms with Gasteiger partial charge in [0.15, 0.2) is 11.0 Å². The number of rotatable bonds is 2. The van der Waals surface area contributed by atoms with E-state index in [1.807, 2.05) is 0 Å². The largest absolute Gasteiger partial charge is 0.364 e. The van der Waals surface area contributed by atoms with Crippen LogP contribution in [0.3, 0.4) is 0 Å². The van der Waals surface area contributed by atoms with Gasteiger partial charge in [-0.3, -0.25) is 0 Å². The third-order valence-corrected chi connectivity index (χ3v) is 4.09. The van der Waals surface area contributed by atoms with Gasteiger partial charge in [0, 0.05) is 6.04 Å². The molecule has 3 rings (SSSR count). The number of halogens is 2. The number of fused-ring (bicyclic) bond motifs is 2. The molecule has 0 radical (unpaired) electrons. The van der Waals surface area contributed by atoms with Crippen molar-refractivity contribution in [3.8, 4) is 0 Å². The molecule has 16 heavy (non-hydrogen) atoms. The lowest BCUT2D eigenvalue weighted by Crippen LogP contribution is -2.26. The van der Waals surface area contributed by atoms with E-state index in [9.17, 15) is 0 Å². The summed E-state index contributed by atoms with van der Waals surface area (Å²) in [5, 5.41) is 11.1. The predicted molar refractivity (Wildman–Crippen MR) is 62.7 cm³/mol. The van der Waals surface area contributed by atoms with E-state index in [-0.39, 0.29) is 5.28 Å². The summed E-state index contributed by atoms with van der Waals surface area (Å²) in [7, 11) is 0. The molecule has 4 nitrogen and oxygen atoms in total. The van der Waals surface area contributed by atoms with E-state index < -0.39 is 0 Å². The van der Waals surface area contributed by atoms with Gasteiger partial charge in [-0.2, -0.15) is 4.98 Å². The van der Waals surface area contributed by atoms with Crippen molar-refractivity contribution >= 4 is 29.0 Å². The molecule has 3 unspecified atom stereocenters. The van der Waals surface area contributed by atoms with Crippen molar-refractivity contribution in [3.05, 3.63) is 10.4 Å². The molecule has 2 fully saturated rings. The zero-order chi connectivity index (χ0) is 11.1. The van der Waals surface area contributed by atoms with Gasteiger partial charge in [-0.05, 0) is 42.7 Å². The first kappa shape index (κ1) is 10.5. The highest BCUT2D eigenvalue weighted by Gasteiger charge is 2.39. The highest BCUT2D eigenvalue weighted by Crippen LogP contribution is 2.45. The number of hydrogen-bond acceptors (Lipinski definition) is 4. The Labute approximate surface area is 104 Å². The third kappa shape index (κ3) is 1.84. The van der Waals surface area contributed by atoms with Crippen LogP contribution in [-0.2, 0) is 0 Å². The first-order valence-corrected chi connectivity index (χ1v) is 6.30. The van der Waals surface area contributed by atoms with E-state index in [0.717, 1.165) is 11.8 Å². The Bertz CT molecular complexity index is 412. The Balaban J connectivity index is 1.76. The lowest BCUT2D eigenvalue weighted by atomic mass is 9.95. The summed E-state index contributed by atoms with van der Waals surface area (Å²) in [5.41, 5.74) is 0. The van der Waals surface area contributed by atoms with Crippen molar-refractivity contribution in [1.82, 2.24) is 15.2 Å². The summed E-state index contributed by atoms with van der Waals surface area (Å²) < 4.78 is 0. The highest BCUT2D eigenvalue weighted by molar-refractivity contribution is 6.32. The normalized spacial score (nSPS) is 32.0. The second kappa shape index (κ2) is 4.00. The van der Waals surface area contributed by atoms with Gasteiger partial charge in [0.05, 0.1) is 0 Å². The van der Waals surface area contributed by atoms with Crippen molar-refractivity contribution in [3.63, 3.8) is 0 Å². The fourth-order valence-electron chi connectivity index (χ4n) is 2.98. The van der Waals surface area contributed by atoms with Crippen LogP contribution in [0.5, 0.6) is 0 Å². The maximum Gasteiger partial charge on any atom is 0.245 e. The fraction of sp³-hybridized carbons (Fsp3) is 0.700. The molecular weight excluding hydrogens is 247 g/mol. The SMILES string of the molecule is Clc1nnc(Cl)c(NC2CC3CCC2C3)n1. The number of nitrogens with one attached hydrogen (secondary N) is 1. The predicted octanol–water partition coefficient (Wildman–Crippen LogP) is 2.78. The Kier molecular flexibility index (Phi) is 2.64. The molecule has 2 aliphatic carbocycles. The number of nitrogens with zero attached hydrogens (tertiary/aromatic N) is 3. The quantitative estimate of drug-likeness (QED) is 0.887. The van der Waals surface area contributed by atoms with Gasteiger partial charge >= 0.3 is 0 Å². The smallest absolute Gasteiger partial charge is 0.245 e. The summed E-state index contributed by atoms with van der Waals surface area (Å²) in [6.07, 6.45) is 5.23. The summed E-state index contributed by atoms with van der Waals surface area (Å²) in [6.45, 7) is 0. The minimum atomic E-state index is 0.134. The van der Waals surface area contributed by atoms with Crippen LogP contribution in [0.4, 0.5) is 5.82 Å². The molecule has 1 aromatic rings. The summed E-state index contributed by atoms with van der Waals surface area (Å²) in [4.78, 5) is 4.07. The van der Waals surface area contributed by atoms with Crippen LogP contribution < -0.4 is 5.32 Å². The van der Waals surface area contributed by atoms with E-state index >= 15 is 0 Å². The number of hydrogen-bond donors (Lipinski definition) is 1. The van der Waals surface area contributed by atoms with Crippen molar-refractivity contribution in [2.24, 2.45) is 11.8 Å². The molecular formula is C10H12Cl2N4. The van der Waals surface area contributed by atoms with Crippen molar-refractivity contribution in [1.29, 1.82) is 0 Å². The van der Waals surface area contributed by atoms with Crippen LogP contribution >= 0.6 is 23.2 Å². The monoisotopic (exact) mass is 258 g/mol. The first-order chi connectivity index (χ1) is 7.72. The van der Waals surface area contributed by atoms with Crippen LogP contribution in [0.15, 0.2) is 0 Å². The molecule has 2 aliphatic rings. The third-order valence-electron chi connectivity index (χ3n) is 3.68. The maximum absolute atomic E-state index is 5.92. The molecule has 2 saturated carbocycles. The minimum absolute atomic E-state index is 0.134. The van der Waals surface area contributed by atoms with Crippen molar-refractivity contribution < 1.29 is 0 Å². The Morgan fingerprint density at radius 3 is 2.69 bits per heavy atom. The Morgan fingerprint density at radius 1 is 1.12 bits per heavy atom. The van der Waals surface area contributed by atoms with Crippen LogP contribution in [0.2, 0.25) is 10.4 Å². The average molecular weight is 259 g/mol. The Morgan fingerprint density at radius 2 is 2.00 bits per heavy atom. The average Bonchev–Trinajstić information content (AvgIpc) is 2.85. The van der Waals surface area contributed by atoms with Crippen LogP contribution in [0.25, 0.3) is 0 Å². The standard InChI is InChI=1S/C10H12Cl2N4/c11-8-9(14-10(12)16-15-8)13-7-4-5-1-2-6(7)3-5/h5-7H,1-4H2,(H,13,14,16). The van der Waals surface area contributed by atoms with Gasteiger partial charge in [-0.25, -0.2) is 0 Å². The minimum Gasteiger partial charge on any atom is -0.364 e. The van der Waals surface area contributed by atoms with Gasteiger partial charge in [0.2, 0.25) is 5.28 Å². The summed E-state index contributed by atoms with van der Waals surface area (Å²) >= 11 is 11.6. The second-order valence-corrected chi connectivity index (χ2v) is 5.34. The fourth-order valence-corrected chi connectivity index (χ4v) is 3.24. The summed E-state index contributed by atoms with van der Waals surface area (Å²) in [6, 6.07) is 0.476. The molecule has 3 atom stereocenters. The molecule has 0 amide bonds. The van der Waals surface area contributed by atoms with E-state index in [4.69, 9.17) is 23.2 Å². The van der Waals surface area contributed by atoms with Crippen LogP contribution in [0.1, 0.15) is 25.7 Å². The van der Waals surface area contributed by atoms with E-state index in [0.29, 0.717) is 17.0 Å². The van der Waals surface area contributed by atoms with Crippen LogP contribution in [-0.4, -0.2) is 21.2 Å².